The number of carboxylic acids is 1. The second-order valence-electron chi connectivity index (χ2n) is 8.40. The number of carboxylic acid groups (broad SMARTS) is 1. The van der Waals surface area contributed by atoms with Gasteiger partial charge in [-0.1, -0.05) is 20.3 Å². The Balaban J connectivity index is 3.07. The zero-order chi connectivity index (χ0) is 27.4. The Morgan fingerprint density at radius 3 is 2.14 bits per heavy atom. The first-order chi connectivity index (χ1) is 16.8. The summed E-state index contributed by atoms with van der Waals surface area (Å²) in [6.07, 6.45) is 2.37. The number of rotatable bonds is 16. The van der Waals surface area contributed by atoms with Gasteiger partial charge in [-0.15, -0.1) is 0 Å². The molecule has 5 amide bonds. The fourth-order valence-corrected chi connectivity index (χ4v) is 3.15. The molecule has 0 spiro atoms. The molecule has 0 saturated heterocycles. The van der Waals surface area contributed by atoms with Gasteiger partial charge in [-0.3, -0.25) is 24.0 Å². The van der Waals surface area contributed by atoms with E-state index in [1.165, 1.54) is 12.5 Å². The summed E-state index contributed by atoms with van der Waals surface area (Å²) in [6.45, 7) is 3.50. The zero-order valence-corrected chi connectivity index (χ0v) is 20.2. The number of primary amides is 2. The van der Waals surface area contributed by atoms with E-state index in [1.54, 1.807) is 13.8 Å². The van der Waals surface area contributed by atoms with E-state index in [9.17, 15) is 33.9 Å². The van der Waals surface area contributed by atoms with Crippen LogP contribution in [0.3, 0.4) is 0 Å². The van der Waals surface area contributed by atoms with Gasteiger partial charge in [0.1, 0.15) is 18.1 Å². The maximum atomic E-state index is 13.2. The van der Waals surface area contributed by atoms with Crippen LogP contribution >= 0.6 is 0 Å². The summed E-state index contributed by atoms with van der Waals surface area (Å²) in [5, 5.41) is 16.6. The summed E-state index contributed by atoms with van der Waals surface area (Å²) >= 11 is 0. The molecule has 1 heterocycles. The van der Waals surface area contributed by atoms with Crippen LogP contribution in [-0.2, 0) is 35.2 Å². The smallest absolute Gasteiger partial charge is 0.326 e. The minimum absolute atomic E-state index is 0.0166. The second kappa shape index (κ2) is 14.4. The molecule has 0 fully saturated rings. The fraction of sp³-hybridized carbons (Fsp3) is 0.571. The summed E-state index contributed by atoms with van der Waals surface area (Å²) in [5.74, 6) is -5.72. The average molecular weight is 511 g/mol. The lowest BCUT2D eigenvalue weighted by atomic mass is 9.96. The predicted octanol–water partition coefficient (Wildman–Crippen LogP) is -2.99. The molecule has 36 heavy (non-hydrogen) atoms. The summed E-state index contributed by atoms with van der Waals surface area (Å²) in [6, 6.07) is -5.09. The van der Waals surface area contributed by atoms with Gasteiger partial charge in [0, 0.05) is 24.7 Å². The van der Waals surface area contributed by atoms with Crippen LogP contribution in [0.2, 0.25) is 0 Å². The topological polar surface area (TPSA) is 265 Å². The summed E-state index contributed by atoms with van der Waals surface area (Å²) < 4.78 is 0. The maximum absolute atomic E-state index is 13.2. The molecular formula is C21H34N8O7. The third-order valence-electron chi connectivity index (χ3n) is 5.46. The molecular weight excluding hydrogens is 476 g/mol. The number of carbonyl (C=O) groups is 6. The van der Waals surface area contributed by atoms with E-state index in [0.29, 0.717) is 12.1 Å². The van der Waals surface area contributed by atoms with Crippen molar-refractivity contribution in [1.29, 1.82) is 0 Å². The van der Waals surface area contributed by atoms with Crippen molar-refractivity contribution >= 4 is 35.5 Å². The lowest BCUT2D eigenvalue weighted by Crippen LogP contribution is -2.59. The van der Waals surface area contributed by atoms with Gasteiger partial charge < -0.3 is 43.2 Å². The number of amides is 5. The van der Waals surface area contributed by atoms with Crippen LogP contribution in [0.4, 0.5) is 0 Å². The number of hydrogen-bond acceptors (Lipinski definition) is 8. The lowest BCUT2D eigenvalue weighted by molar-refractivity contribution is -0.143. The average Bonchev–Trinajstić information content (AvgIpc) is 3.31. The van der Waals surface area contributed by atoms with Gasteiger partial charge >= 0.3 is 5.97 Å². The van der Waals surface area contributed by atoms with Gasteiger partial charge in [0.15, 0.2) is 0 Å². The molecule has 0 saturated carbocycles. The number of nitrogens with zero attached hydrogens (tertiary/aromatic N) is 1. The molecule has 1 aromatic rings. The largest absolute Gasteiger partial charge is 0.480 e. The molecule has 5 atom stereocenters. The number of H-pyrrole nitrogens is 1. The number of aromatic nitrogens is 2. The molecule has 15 nitrogen and oxygen atoms in total. The third kappa shape index (κ3) is 10.1. The molecule has 1 aromatic heterocycles. The number of nitrogens with one attached hydrogen (secondary N) is 4. The second-order valence-corrected chi connectivity index (χ2v) is 8.40. The van der Waals surface area contributed by atoms with Crippen molar-refractivity contribution in [2.45, 2.75) is 70.1 Å². The molecule has 1 rings (SSSR count). The van der Waals surface area contributed by atoms with Crippen LogP contribution in [0.15, 0.2) is 12.5 Å². The summed E-state index contributed by atoms with van der Waals surface area (Å²) in [4.78, 5) is 78.8. The van der Waals surface area contributed by atoms with E-state index < -0.39 is 66.1 Å². The normalized spacial score (nSPS) is 15.0. The van der Waals surface area contributed by atoms with Crippen molar-refractivity contribution in [3.05, 3.63) is 18.2 Å². The SMILES string of the molecule is CCC(C)C(NC(=O)C(N)CCC(N)=O)C(=O)NC(Cc1cnc[nH]1)C(=O)NC(CC(N)=O)C(=O)O. The number of nitrogens with two attached hydrogens (primary N) is 3. The minimum Gasteiger partial charge on any atom is -0.480 e. The van der Waals surface area contributed by atoms with Gasteiger partial charge in [0.2, 0.25) is 29.5 Å². The van der Waals surface area contributed by atoms with Crippen LogP contribution in [0.25, 0.3) is 0 Å². The molecule has 200 valence electrons. The van der Waals surface area contributed by atoms with Gasteiger partial charge in [-0.05, 0) is 12.3 Å². The molecule has 0 aromatic carbocycles. The third-order valence-corrected chi connectivity index (χ3v) is 5.46. The van der Waals surface area contributed by atoms with E-state index in [2.05, 4.69) is 25.9 Å². The van der Waals surface area contributed by atoms with Crippen molar-refractivity contribution in [3.8, 4) is 0 Å². The Bertz CT molecular complexity index is 937. The van der Waals surface area contributed by atoms with Gasteiger partial charge in [-0.25, -0.2) is 9.78 Å². The Kier molecular flexibility index (Phi) is 12.0. The van der Waals surface area contributed by atoms with Crippen molar-refractivity contribution in [1.82, 2.24) is 25.9 Å². The Morgan fingerprint density at radius 1 is 1.00 bits per heavy atom. The lowest BCUT2D eigenvalue weighted by Gasteiger charge is -2.27. The van der Waals surface area contributed by atoms with E-state index in [0.717, 1.165) is 0 Å². The Morgan fingerprint density at radius 2 is 1.64 bits per heavy atom. The van der Waals surface area contributed by atoms with E-state index in [4.69, 9.17) is 17.2 Å². The monoisotopic (exact) mass is 510 g/mol. The van der Waals surface area contributed by atoms with Crippen molar-refractivity contribution in [2.24, 2.45) is 23.1 Å². The molecule has 0 aliphatic heterocycles. The highest BCUT2D eigenvalue weighted by atomic mass is 16.4. The summed E-state index contributed by atoms with van der Waals surface area (Å²) in [7, 11) is 0. The quantitative estimate of drug-likeness (QED) is 0.112. The summed E-state index contributed by atoms with van der Waals surface area (Å²) in [5.41, 5.74) is 16.4. The zero-order valence-electron chi connectivity index (χ0n) is 20.2. The van der Waals surface area contributed by atoms with Crippen molar-refractivity contribution in [3.63, 3.8) is 0 Å². The van der Waals surface area contributed by atoms with E-state index >= 15 is 0 Å². The molecule has 15 heteroatoms. The number of hydrogen-bond donors (Lipinski definition) is 8. The van der Waals surface area contributed by atoms with Gasteiger partial charge in [-0.2, -0.15) is 0 Å². The van der Waals surface area contributed by atoms with Crippen LogP contribution < -0.4 is 33.2 Å². The van der Waals surface area contributed by atoms with Crippen LogP contribution in [0.1, 0.15) is 45.2 Å². The predicted molar refractivity (Wildman–Crippen MR) is 125 cm³/mol. The number of carbonyl (C=O) groups excluding carboxylic acids is 5. The highest BCUT2D eigenvalue weighted by Crippen LogP contribution is 2.10. The first kappa shape index (κ1) is 30.0. The molecule has 0 aliphatic rings. The number of imidazole rings is 1. The molecule has 0 bridgehead atoms. The first-order valence-electron chi connectivity index (χ1n) is 11.3. The van der Waals surface area contributed by atoms with Crippen molar-refractivity contribution in [2.75, 3.05) is 0 Å². The molecule has 0 radical (unpaired) electrons. The Hall–Kier alpha value is -4.01. The standard InChI is InChI=1S/C21H34N8O7/c1-3-10(2)17(29-18(32)12(22)4-5-15(23)30)20(34)27-13(6-11-8-25-9-26-11)19(33)28-14(21(35)36)7-16(24)31/h8-10,12-14,17H,3-7,22H2,1-2H3,(H2,23,30)(H2,24,31)(H,25,26)(H,27,34)(H,28,33)(H,29,32)(H,35,36). The van der Waals surface area contributed by atoms with Crippen LogP contribution in [0, 0.1) is 5.92 Å². The fourth-order valence-electron chi connectivity index (χ4n) is 3.15. The minimum atomic E-state index is -1.61. The van der Waals surface area contributed by atoms with Crippen LogP contribution in [-0.4, -0.2) is 74.7 Å². The number of aromatic amines is 1. The van der Waals surface area contributed by atoms with Gasteiger partial charge in [0.05, 0.1) is 18.8 Å². The number of aliphatic carboxylic acids is 1. The molecule has 5 unspecified atom stereocenters. The maximum Gasteiger partial charge on any atom is 0.326 e. The first-order valence-corrected chi connectivity index (χ1v) is 11.3. The van der Waals surface area contributed by atoms with Gasteiger partial charge in [0.25, 0.3) is 0 Å². The highest BCUT2D eigenvalue weighted by molar-refractivity contribution is 5.95. The van der Waals surface area contributed by atoms with Crippen LogP contribution in [0.5, 0.6) is 0 Å². The molecule has 0 aliphatic carbocycles. The Labute approximate surface area is 207 Å². The van der Waals surface area contributed by atoms with E-state index in [-0.39, 0.29) is 25.2 Å². The molecule has 11 N–H and O–H groups in total. The highest BCUT2D eigenvalue weighted by Gasteiger charge is 2.33. The van der Waals surface area contributed by atoms with Crippen molar-refractivity contribution < 1.29 is 33.9 Å². The van der Waals surface area contributed by atoms with E-state index in [1.807, 2.05) is 0 Å².